The molecule has 0 spiro atoms. The second-order valence-corrected chi connectivity index (χ2v) is 17.4. The Kier molecular flexibility index (Phi) is 12.7. The molecule has 298 valence electrons. The van der Waals surface area contributed by atoms with Gasteiger partial charge in [0.05, 0.1) is 24.1 Å². The highest BCUT2D eigenvalue weighted by Crippen LogP contribution is 2.54. The fourth-order valence-corrected chi connectivity index (χ4v) is 7.57. The maximum atomic E-state index is 13.3. The number of rotatable bonds is 15. The first-order valence-corrected chi connectivity index (χ1v) is 20.0. The van der Waals surface area contributed by atoms with Crippen LogP contribution < -0.4 is 15.3 Å². The quantitative estimate of drug-likeness (QED) is 0.106. The van der Waals surface area contributed by atoms with Gasteiger partial charge < -0.3 is 24.7 Å². The monoisotopic (exact) mass is 783 g/mol. The lowest BCUT2D eigenvalue weighted by molar-refractivity contribution is -0.173. The summed E-state index contributed by atoms with van der Waals surface area (Å²) in [5.41, 5.74) is 5.27. The van der Waals surface area contributed by atoms with Gasteiger partial charge in [-0.05, 0) is 60.9 Å². The molecule has 55 heavy (non-hydrogen) atoms. The summed E-state index contributed by atoms with van der Waals surface area (Å²) in [5, 5.41) is 18.0. The Balaban J connectivity index is 1.52. The normalized spacial score (nSPS) is 23.1. The molecule has 1 aromatic carbocycles. The molecule has 6 atom stereocenters. The molecule has 17 heteroatoms. The van der Waals surface area contributed by atoms with Crippen LogP contribution in [0, 0.1) is 29.1 Å². The Hall–Kier alpha value is -4.39. The number of nitrogen functional groups attached to an aromatic ring is 1. The van der Waals surface area contributed by atoms with E-state index in [1.165, 1.54) is 23.8 Å². The number of nitrogens with one attached hydrogen (secondary N) is 1. The van der Waals surface area contributed by atoms with Crippen molar-refractivity contribution in [1.29, 1.82) is 5.26 Å². The van der Waals surface area contributed by atoms with Crippen molar-refractivity contribution in [2.45, 2.75) is 110 Å². The summed E-state index contributed by atoms with van der Waals surface area (Å²) < 4.78 is 37.5. The van der Waals surface area contributed by atoms with Crippen molar-refractivity contribution in [3.63, 3.8) is 0 Å². The lowest BCUT2D eigenvalue weighted by atomic mass is 9.86. The largest absolute Gasteiger partial charge is 0.544 e. The number of benzene rings is 1. The van der Waals surface area contributed by atoms with Gasteiger partial charge in [0.15, 0.2) is 23.8 Å². The average molecular weight is 784 g/mol. The van der Waals surface area contributed by atoms with E-state index in [0.717, 1.165) is 24.8 Å². The van der Waals surface area contributed by atoms with Gasteiger partial charge in [-0.1, -0.05) is 72.1 Å². The van der Waals surface area contributed by atoms with E-state index in [9.17, 15) is 24.5 Å². The summed E-state index contributed by atoms with van der Waals surface area (Å²) in [4.78, 5) is 55.7. The van der Waals surface area contributed by atoms with Crippen LogP contribution in [0.15, 0.2) is 42.7 Å². The Morgan fingerprint density at radius 2 is 1.69 bits per heavy atom. The van der Waals surface area contributed by atoms with Crippen molar-refractivity contribution in [3.8, 4) is 11.8 Å². The molecule has 2 aromatic heterocycles. The summed E-state index contributed by atoms with van der Waals surface area (Å²) >= 11 is 0. The highest BCUT2D eigenvalue weighted by Gasteiger charge is 2.64. The maximum Gasteiger partial charge on any atom is 0.544 e. The van der Waals surface area contributed by atoms with Crippen molar-refractivity contribution in [2.75, 3.05) is 18.9 Å². The molecular formula is C38H52N6O10P+. The number of hydrogen-bond donors (Lipinski definition) is 3. The number of nitrogens with two attached hydrogens (primary N) is 1. The van der Waals surface area contributed by atoms with E-state index >= 15 is 0 Å². The van der Waals surface area contributed by atoms with Gasteiger partial charge in [0.2, 0.25) is 5.60 Å². The van der Waals surface area contributed by atoms with E-state index in [1.807, 2.05) is 12.1 Å². The minimum absolute atomic E-state index is 0.106. The van der Waals surface area contributed by atoms with Crippen molar-refractivity contribution >= 4 is 37.3 Å². The lowest BCUT2D eigenvalue weighted by Gasteiger charge is -2.29. The van der Waals surface area contributed by atoms with E-state index < -0.39 is 74.4 Å². The first-order chi connectivity index (χ1) is 25.9. The summed E-state index contributed by atoms with van der Waals surface area (Å²) in [6, 6.07) is 11.2. The number of esters is 3. The number of nitrogens with zero attached hydrogens (tertiary/aromatic N) is 4. The van der Waals surface area contributed by atoms with E-state index in [1.54, 1.807) is 45.9 Å². The van der Waals surface area contributed by atoms with Gasteiger partial charge in [-0.3, -0.25) is 18.9 Å². The second-order valence-electron chi connectivity index (χ2n) is 15.7. The van der Waals surface area contributed by atoms with Gasteiger partial charge in [0.1, 0.15) is 36.7 Å². The molecule has 1 saturated carbocycles. The van der Waals surface area contributed by atoms with Crippen LogP contribution in [0.3, 0.4) is 0 Å². The Morgan fingerprint density at radius 3 is 2.27 bits per heavy atom. The lowest BCUT2D eigenvalue weighted by Crippen LogP contribution is -2.47. The predicted molar refractivity (Wildman–Crippen MR) is 201 cm³/mol. The minimum atomic E-state index is -4.25. The fourth-order valence-electron chi connectivity index (χ4n) is 6.04. The number of nitriles is 1. The molecule has 2 aliphatic rings. The Morgan fingerprint density at radius 1 is 1.04 bits per heavy atom. The molecule has 3 aromatic rings. The molecule has 0 amide bonds. The van der Waals surface area contributed by atoms with Gasteiger partial charge >= 0.3 is 26.0 Å². The number of hydrogen-bond acceptors (Lipinski definition) is 15. The molecule has 0 bridgehead atoms. The third-order valence-corrected chi connectivity index (χ3v) is 11.3. The van der Waals surface area contributed by atoms with Crippen molar-refractivity contribution in [3.05, 3.63) is 54.0 Å². The zero-order valence-electron chi connectivity index (χ0n) is 32.6. The number of ether oxygens (including phenoxy) is 4. The predicted octanol–water partition coefficient (Wildman–Crippen LogP) is 4.95. The summed E-state index contributed by atoms with van der Waals surface area (Å²) in [6.45, 7) is 13.8. The molecule has 1 aliphatic heterocycles. The summed E-state index contributed by atoms with van der Waals surface area (Å²) in [6.07, 6.45) is -0.111. The Labute approximate surface area is 321 Å². The zero-order chi connectivity index (χ0) is 40.3. The molecule has 1 unspecified atom stereocenters. The van der Waals surface area contributed by atoms with Crippen LogP contribution in [0.25, 0.3) is 5.52 Å². The van der Waals surface area contributed by atoms with Crippen molar-refractivity contribution in [1.82, 2.24) is 19.7 Å². The highest BCUT2D eigenvalue weighted by molar-refractivity contribution is 7.59. The first kappa shape index (κ1) is 41.8. The van der Waals surface area contributed by atoms with Crippen LogP contribution >= 0.6 is 8.09 Å². The smallest absolute Gasteiger partial charge is 0.464 e. The molecule has 3 heterocycles. The number of fused-ring (bicyclic) bond motifs is 1. The van der Waals surface area contributed by atoms with Gasteiger partial charge in [0, 0.05) is 0 Å². The van der Waals surface area contributed by atoms with Crippen LogP contribution in [-0.2, 0) is 48.9 Å². The molecule has 1 saturated heterocycles. The second kappa shape index (κ2) is 16.8. The summed E-state index contributed by atoms with van der Waals surface area (Å²) in [5.74, 6) is -2.62. The van der Waals surface area contributed by atoms with Crippen LogP contribution in [0.4, 0.5) is 5.82 Å². The van der Waals surface area contributed by atoms with E-state index in [-0.39, 0.29) is 29.3 Å². The third-order valence-electron chi connectivity index (χ3n) is 9.63. The number of carbonyl (C=O) groups excluding carboxylic acids is 3. The van der Waals surface area contributed by atoms with Crippen molar-refractivity contribution < 1.29 is 47.3 Å². The number of anilines is 1. The molecule has 16 nitrogen and oxygen atoms in total. The topological polar surface area (TPSA) is 219 Å². The minimum Gasteiger partial charge on any atom is -0.464 e. The zero-order valence-corrected chi connectivity index (χ0v) is 33.4. The summed E-state index contributed by atoms with van der Waals surface area (Å²) in [7, 11) is -4.25. The van der Waals surface area contributed by atoms with Crippen LogP contribution in [0.1, 0.15) is 85.9 Å². The SMILES string of the molecule is CC(C)C(=O)O[C@H]1[C@@H](OC(=O)C(C)C)[C@](C#N)(c2ccc3c(N)ncnn23)O[C@@H]1CO[P+](O)(N[C@@H](C)C(=O)OCC1CCC1)Oc1ccc(C(C)(C)C)cc1. The van der Waals surface area contributed by atoms with E-state index in [0.29, 0.717) is 11.4 Å². The number of aromatic nitrogens is 3. The van der Waals surface area contributed by atoms with Crippen LogP contribution in [-0.4, -0.2) is 75.0 Å². The van der Waals surface area contributed by atoms with Gasteiger partial charge in [-0.2, -0.15) is 19.8 Å². The standard InChI is InChI=1S/C38H52N6O10P/c1-22(2)34(45)51-31-29(53-38(20-39,32(31)52-35(46)23(3)4)30-17-16-28-33(40)41-21-42-44(28)30)19-50-55(48,43-24(5)36(47)49-18-25-10-9-11-25)54-27-14-12-26(13-15-27)37(6,7)8/h12-17,21-25,29,31-32,43,48H,9-11,18-19H2,1-8H3,(H2,40,41,42)/q+1/t24-,29+,31+,32+,38-,55?/m0/s1. The van der Waals surface area contributed by atoms with E-state index in [2.05, 4.69) is 42.0 Å². The van der Waals surface area contributed by atoms with Gasteiger partial charge in [0.25, 0.3) is 0 Å². The van der Waals surface area contributed by atoms with Crippen LogP contribution in [0.5, 0.6) is 5.75 Å². The highest BCUT2D eigenvalue weighted by atomic mass is 31.2. The Bertz CT molecular complexity index is 1890. The molecule has 2 fully saturated rings. The third kappa shape index (κ3) is 9.36. The maximum absolute atomic E-state index is 13.3. The van der Waals surface area contributed by atoms with Gasteiger partial charge in [-0.25, -0.2) is 9.50 Å². The molecule has 0 radical (unpaired) electrons. The number of carbonyl (C=O) groups is 3. The van der Waals surface area contributed by atoms with Crippen molar-refractivity contribution in [2.24, 2.45) is 17.8 Å². The molecule has 4 N–H and O–H groups in total. The van der Waals surface area contributed by atoms with E-state index in [4.69, 9.17) is 33.7 Å². The van der Waals surface area contributed by atoms with Gasteiger partial charge in [-0.15, -0.1) is 0 Å². The van der Waals surface area contributed by atoms with Crippen LogP contribution in [0.2, 0.25) is 0 Å². The average Bonchev–Trinajstić information content (AvgIpc) is 3.67. The first-order valence-electron chi connectivity index (χ1n) is 18.5. The fraction of sp³-hybridized carbons (Fsp3) is 0.579. The molecule has 1 aliphatic carbocycles. The molecular weight excluding hydrogens is 731 g/mol. The molecule has 5 rings (SSSR count).